The van der Waals surface area contributed by atoms with Crippen LogP contribution in [-0.2, 0) is 11.3 Å². The third-order valence-electron chi connectivity index (χ3n) is 4.63. The third-order valence-corrected chi connectivity index (χ3v) is 4.63. The minimum atomic E-state index is 0.445. The molecule has 2 N–H and O–H groups in total. The average Bonchev–Trinajstić information content (AvgIpc) is 3.06. The van der Waals surface area contributed by atoms with Crippen LogP contribution in [-0.4, -0.2) is 66.1 Å². The van der Waals surface area contributed by atoms with Crippen LogP contribution >= 0.6 is 0 Å². The number of amides is 1. The monoisotopic (exact) mass is 380 g/mol. The van der Waals surface area contributed by atoms with E-state index in [1.165, 1.54) is 0 Å². The molecule has 0 saturated carbocycles. The van der Waals surface area contributed by atoms with Crippen molar-refractivity contribution in [1.82, 2.24) is 24.8 Å². The fourth-order valence-corrected chi connectivity index (χ4v) is 3.10. The Morgan fingerprint density at radius 1 is 1.43 bits per heavy atom. The van der Waals surface area contributed by atoms with Gasteiger partial charge in [-0.05, 0) is 12.1 Å². The summed E-state index contributed by atoms with van der Waals surface area (Å²) in [5, 5.41) is 15.0. The first-order valence-electron chi connectivity index (χ1n) is 9.03. The first-order chi connectivity index (χ1) is 13.5. The average molecular weight is 380 g/mol. The summed E-state index contributed by atoms with van der Waals surface area (Å²) in [7, 11) is 3.80. The lowest BCUT2D eigenvalue weighted by atomic mass is 10.2. The molecule has 0 radical (unpaired) electrons. The number of pyridine rings is 1. The molecule has 0 aliphatic carbocycles. The largest absolute Gasteiger partial charge is 0.376 e. The molecular weight excluding hydrogens is 356 g/mol. The van der Waals surface area contributed by atoms with E-state index in [0.29, 0.717) is 24.3 Å². The van der Waals surface area contributed by atoms with Crippen molar-refractivity contribution >= 4 is 23.9 Å². The standard InChI is InChI=1S/C19H24N8O/c1-14(25(2)3)17-18(23-13-28)24-19(26-8-6-21-7-9-26)27(17)12-16-5-4-15(10-20)11-22-16/h4-5,11,13,21H,1,6-9,12H2,2-3H3,(H,23,28). The molecule has 3 heterocycles. The molecule has 0 atom stereocenters. The Kier molecular flexibility index (Phi) is 5.91. The zero-order valence-electron chi connectivity index (χ0n) is 16.1. The van der Waals surface area contributed by atoms with Gasteiger partial charge in [0.25, 0.3) is 0 Å². The van der Waals surface area contributed by atoms with Gasteiger partial charge in [0.2, 0.25) is 12.4 Å². The topological polar surface area (TPSA) is 102 Å². The fraction of sp³-hybridized carbons (Fsp3) is 0.368. The van der Waals surface area contributed by atoms with Gasteiger partial charge in [-0.15, -0.1) is 0 Å². The fourth-order valence-electron chi connectivity index (χ4n) is 3.10. The molecule has 0 aromatic carbocycles. The van der Waals surface area contributed by atoms with Gasteiger partial charge in [-0.25, -0.2) is 0 Å². The number of piperazine rings is 1. The second-order valence-corrected chi connectivity index (χ2v) is 6.69. The number of carbonyl (C=O) groups excluding carboxylic acids is 1. The summed E-state index contributed by atoms with van der Waals surface area (Å²) in [6.07, 6.45) is 2.18. The highest BCUT2D eigenvalue weighted by Crippen LogP contribution is 2.30. The molecule has 1 amide bonds. The molecule has 0 unspecified atom stereocenters. The van der Waals surface area contributed by atoms with Gasteiger partial charge in [0, 0.05) is 46.5 Å². The van der Waals surface area contributed by atoms with Crippen molar-refractivity contribution < 1.29 is 4.79 Å². The molecule has 28 heavy (non-hydrogen) atoms. The second-order valence-electron chi connectivity index (χ2n) is 6.69. The van der Waals surface area contributed by atoms with E-state index in [0.717, 1.165) is 49.2 Å². The van der Waals surface area contributed by atoms with Crippen LogP contribution in [0.1, 0.15) is 17.0 Å². The van der Waals surface area contributed by atoms with Crippen molar-refractivity contribution in [3.63, 3.8) is 0 Å². The number of nitrogens with one attached hydrogen (secondary N) is 2. The number of hydrogen-bond acceptors (Lipinski definition) is 7. The molecule has 2 aromatic rings. The molecule has 9 heteroatoms. The summed E-state index contributed by atoms with van der Waals surface area (Å²) < 4.78 is 2.02. The predicted molar refractivity (Wildman–Crippen MR) is 108 cm³/mol. The van der Waals surface area contributed by atoms with Gasteiger partial charge in [-0.3, -0.25) is 9.78 Å². The van der Waals surface area contributed by atoms with Crippen LogP contribution in [0.15, 0.2) is 24.9 Å². The molecule has 3 rings (SSSR count). The van der Waals surface area contributed by atoms with Crippen LogP contribution in [0.3, 0.4) is 0 Å². The summed E-state index contributed by atoms with van der Waals surface area (Å²) in [6.45, 7) is 7.97. The van der Waals surface area contributed by atoms with Gasteiger partial charge < -0.3 is 25.0 Å². The molecular formula is C19H24N8O. The maximum absolute atomic E-state index is 11.2. The number of aromatic nitrogens is 3. The van der Waals surface area contributed by atoms with Crippen molar-refractivity contribution in [1.29, 1.82) is 5.26 Å². The van der Waals surface area contributed by atoms with Gasteiger partial charge in [-0.2, -0.15) is 10.2 Å². The van der Waals surface area contributed by atoms with Crippen LogP contribution in [0, 0.1) is 11.3 Å². The minimum absolute atomic E-state index is 0.445. The number of anilines is 2. The summed E-state index contributed by atoms with van der Waals surface area (Å²) >= 11 is 0. The summed E-state index contributed by atoms with van der Waals surface area (Å²) in [6, 6.07) is 5.65. The zero-order chi connectivity index (χ0) is 20.1. The Morgan fingerprint density at radius 3 is 2.75 bits per heavy atom. The van der Waals surface area contributed by atoms with E-state index in [2.05, 4.69) is 33.2 Å². The summed E-state index contributed by atoms with van der Waals surface area (Å²) in [5.41, 5.74) is 2.76. The Morgan fingerprint density at radius 2 is 2.18 bits per heavy atom. The highest BCUT2D eigenvalue weighted by molar-refractivity contribution is 5.80. The van der Waals surface area contributed by atoms with E-state index >= 15 is 0 Å². The SMILES string of the molecule is C=C(c1c(NC=O)nc(N2CCNCC2)n1Cc1ccc(C#N)cn1)N(C)C. The highest BCUT2D eigenvalue weighted by atomic mass is 16.1. The van der Waals surface area contributed by atoms with E-state index in [9.17, 15) is 4.79 Å². The van der Waals surface area contributed by atoms with E-state index in [1.54, 1.807) is 12.3 Å². The van der Waals surface area contributed by atoms with Gasteiger partial charge in [0.1, 0.15) is 11.8 Å². The number of nitriles is 1. The van der Waals surface area contributed by atoms with E-state index < -0.39 is 0 Å². The Bertz CT molecular complexity index is 888. The molecule has 9 nitrogen and oxygen atoms in total. The lowest BCUT2D eigenvalue weighted by Crippen LogP contribution is -2.44. The number of nitrogens with zero attached hydrogens (tertiary/aromatic N) is 6. The van der Waals surface area contributed by atoms with Crippen LogP contribution in [0.5, 0.6) is 0 Å². The molecule has 0 bridgehead atoms. The predicted octanol–water partition coefficient (Wildman–Crippen LogP) is 0.708. The van der Waals surface area contributed by atoms with Crippen LogP contribution < -0.4 is 15.5 Å². The first kappa shape index (κ1) is 19.4. The summed E-state index contributed by atoms with van der Waals surface area (Å²) in [4.78, 5) is 24.3. The maximum atomic E-state index is 11.2. The molecule has 1 aliphatic heterocycles. The van der Waals surface area contributed by atoms with Gasteiger partial charge >= 0.3 is 0 Å². The van der Waals surface area contributed by atoms with Gasteiger partial charge in [0.05, 0.1) is 23.5 Å². The van der Waals surface area contributed by atoms with E-state index in [1.807, 2.05) is 29.6 Å². The van der Waals surface area contributed by atoms with Crippen LogP contribution in [0.25, 0.3) is 5.70 Å². The van der Waals surface area contributed by atoms with Crippen LogP contribution in [0.2, 0.25) is 0 Å². The minimum Gasteiger partial charge on any atom is -0.376 e. The highest BCUT2D eigenvalue weighted by Gasteiger charge is 2.25. The lowest BCUT2D eigenvalue weighted by Gasteiger charge is -2.29. The number of imidazole rings is 1. The van der Waals surface area contributed by atoms with Crippen molar-refractivity contribution in [2.75, 3.05) is 50.5 Å². The lowest BCUT2D eigenvalue weighted by molar-refractivity contribution is -0.105. The number of hydrogen-bond donors (Lipinski definition) is 2. The molecule has 1 aliphatic rings. The maximum Gasteiger partial charge on any atom is 0.212 e. The van der Waals surface area contributed by atoms with Crippen LogP contribution in [0.4, 0.5) is 11.8 Å². The second kappa shape index (κ2) is 8.54. The van der Waals surface area contributed by atoms with E-state index in [4.69, 9.17) is 10.2 Å². The number of rotatable bonds is 7. The smallest absolute Gasteiger partial charge is 0.212 e. The molecule has 1 fully saturated rings. The molecule has 2 aromatic heterocycles. The van der Waals surface area contributed by atoms with Crippen molar-refractivity contribution in [3.05, 3.63) is 41.9 Å². The Labute approximate surface area is 164 Å². The third kappa shape index (κ3) is 3.97. The normalized spacial score (nSPS) is 13.7. The quantitative estimate of drug-likeness (QED) is 0.682. The zero-order valence-corrected chi connectivity index (χ0v) is 16.1. The summed E-state index contributed by atoms with van der Waals surface area (Å²) in [5.74, 6) is 1.23. The van der Waals surface area contributed by atoms with Gasteiger partial charge in [0.15, 0.2) is 5.82 Å². The Balaban J connectivity index is 2.09. The molecule has 0 spiro atoms. The molecule has 146 valence electrons. The molecule has 1 saturated heterocycles. The van der Waals surface area contributed by atoms with Crippen molar-refractivity contribution in [2.45, 2.75) is 6.54 Å². The van der Waals surface area contributed by atoms with Crippen molar-refractivity contribution in [3.8, 4) is 6.07 Å². The van der Waals surface area contributed by atoms with Gasteiger partial charge in [-0.1, -0.05) is 6.58 Å². The first-order valence-corrected chi connectivity index (χ1v) is 9.03. The number of carbonyl (C=O) groups is 1. The Hall–Kier alpha value is -3.38. The van der Waals surface area contributed by atoms with E-state index in [-0.39, 0.29) is 0 Å². The van der Waals surface area contributed by atoms with Crippen molar-refractivity contribution in [2.24, 2.45) is 0 Å².